The van der Waals surface area contributed by atoms with Gasteiger partial charge in [0.2, 0.25) is 5.91 Å². The van der Waals surface area contributed by atoms with Crippen LogP contribution < -0.4 is 5.32 Å². The van der Waals surface area contributed by atoms with Crippen LogP contribution in [0.25, 0.3) is 17.0 Å². The molecule has 1 aliphatic rings. The summed E-state index contributed by atoms with van der Waals surface area (Å²) in [6.45, 7) is 1.86. The van der Waals surface area contributed by atoms with Crippen molar-refractivity contribution < 1.29 is 13.9 Å². The summed E-state index contributed by atoms with van der Waals surface area (Å²) >= 11 is 0. The lowest BCUT2D eigenvalue weighted by atomic mass is 10.0. The molecule has 0 spiro atoms. The zero-order chi connectivity index (χ0) is 20.2. The Kier molecular flexibility index (Phi) is 5.66. The first-order chi connectivity index (χ1) is 14.2. The molecule has 0 atom stereocenters. The quantitative estimate of drug-likeness (QED) is 0.686. The molecule has 1 amide bonds. The Bertz CT molecular complexity index is 1000. The minimum atomic E-state index is -0.368. The molecule has 152 valence electrons. The SMILES string of the molecule is COCCC(=O)N1CCC(Nc2ccc3nnc(-c4ccccc4F)n3n2)CC1. The molecule has 0 bridgehead atoms. The molecule has 1 saturated heterocycles. The Morgan fingerprint density at radius 1 is 1.21 bits per heavy atom. The lowest BCUT2D eigenvalue weighted by molar-refractivity contribution is -0.133. The maximum absolute atomic E-state index is 14.2. The van der Waals surface area contributed by atoms with Crippen LogP contribution in [0, 0.1) is 5.82 Å². The van der Waals surface area contributed by atoms with Crippen molar-refractivity contribution in [3.05, 3.63) is 42.2 Å². The van der Waals surface area contributed by atoms with Crippen molar-refractivity contribution in [1.29, 1.82) is 0 Å². The molecular formula is C20H23FN6O2. The number of hydrogen-bond donors (Lipinski definition) is 1. The molecule has 0 saturated carbocycles. The molecule has 1 fully saturated rings. The number of benzene rings is 1. The van der Waals surface area contributed by atoms with Gasteiger partial charge in [-0.15, -0.1) is 15.3 Å². The van der Waals surface area contributed by atoms with Gasteiger partial charge in [0.25, 0.3) is 0 Å². The number of rotatable bonds is 6. The molecule has 1 aliphatic heterocycles. The van der Waals surface area contributed by atoms with Gasteiger partial charge in [-0.25, -0.2) is 4.39 Å². The predicted molar refractivity (Wildman–Crippen MR) is 106 cm³/mol. The fourth-order valence-electron chi connectivity index (χ4n) is 3.51. The molecule has 1 aromatic carbocycles. The number of amides is 1. The molecule has 8 nitrogen and oxygen atoms in total. The minimum absolute atomic E-state index is 0.129. The highest BCUT2D eigenvalue weighted by Crippen LogP contribution is 2.22. The molecule has 29 heavy (non-hydrogen) atoms. The van der Waals surface area contributed by atoms with Crippen molar-refractivity contribution in [2.75, 3.05) is 32.1 Å². The number of methoxy groups -OCH3 is 1. The fourth-order valence-corrected chi connectivity index (χ4v) is 3.51. The number of halogens is 1. The van der Waals surface area contributed by atoms with Gasteiger partial charge in [0, 0.05) is 26.2 Å². The number of nitrogens with zero attached hydrogens (tertiary/aromatic N) is 5. The molecule has 9 heteroatoms. The number of piperidine rings is 1. The summed E-state index contributed by atoms with van der Waals surface area (Å²) in [6.07, 6.45) is 2.08. The number of aromatic nitrogens is 4. The summed E-state index contributed by atoms with van der Waals surface area (Å²) in [5, 5.41) is 16.1. The van der Waals surface area contributed by atoms with Gasteiger partial charge in [-0.05, 0) is 37.1 Å². The first kappa shape index (κ1) is 19.3. The molecule has 0 aliphatic carbocycles. The van der Waals surface area contributed by atoms with E-state index in [0.717, 1.165) is 12.8 Å². The maximum atomic E-state index is 14.2. The average Bonchev–Trinajstić information content (AvgIpc) is 3.16. The standard InChI is InChI=1S/C20H23FN6O2/c1-29-13-10-19(28)26-11-8-14(9-12-26)22-17-6-7-18-23-24-20(27(18)25-17)15-4-2-3-5-16(15)21/h2-7,14H,8-13H2,1H3,(H,22,25). The Balaban J connectivity index is 1.45. The van der Waals surface area contributed by atoms with Crippen molar-refractivity contribution in [1.82, 2.24) is 24.7 Å². The largest absolute Gasteiger partial charge is 0.384 e. The highest BCUT2D eigenvalue weighted by atomic mass is 19.1. The van der Waals surface area contributed by atoms with Crippen molar-refractivity contribution in [3.8, 4) is 11.4 Å². The van der Waals surface area contributed by atoms with E-state index in [9.17, 15) is 9.18 Å². The molecule has 1 N–H and O–H groups in total. The second-order valence-electron chi connectivity index (χ2n) is 7.03. The second kappa shape index (κ2) is 8.52. The van der Waals surface area contributed by atoms with Crippen molar-refractivity contribution in [3.63, 3.8) is 0 Å². The van der Waals surface area contributed by atoms with Crippen LogP contribution >= 0.6 is 0 Å². The first-order valence-corrected chi connectivity index (χ1v) is 9.66. The number of nitrogens with one attached hydrogen (secondary N) is 1. The number of carbonyl (C=O) groups is 1. The molecule has 0 radical (unpaired) electrons. The van der Waals surface area contributed by atoms with Crippen LogP contribution in [0.1, 0.15) is 19.3 Å². The van der Waals surface area contributed by atoms with Gasteiger partial charge in [0.1, 0.15) is 11.6 Å². The number of ether oxygens (including phenoxy) is 1. The minimum Gasteiger partial charge on any atom is -0.384 e. The van der Waals surface area contributed by atoms with E-state index in [4.69, 9.17) is 4.74 Å². The van der Waals surface area contributed by atoms with E-state index in [1.165, 1.54) is 6.07 Å². The van der Waals surface area contributed by atoms with E-state index in [-0.39, 0.29) is 17.8 Å². The second-order valence-corrected chi connectivity index (χ2v) is 7.03. The molecule has 4 rings (SSSR count). The van der Waals surface area contributed by atoms with Gasteiger partial charge in [0.15, 0.2) is 11.5 Å². The Morgan fingerprint density at radius 2 is 2.00 bits per heavy atom. The van der Waals surface area contributed by atoms with Crippen LogP contribution in [-0.4, -0.2) is 63.5 Å². The Labute approximate surface area is 167 Å². The molecule has 3 aromatic rings. The van der Waals surface area contributed by atoms with Crippen LogP contribution in [-0.2, 0) is 9.53 Å². The van der Waals surface area contributed by atoms with E-state index >= 15 is 0 Å². The van der Waals surface area contributed by atoms with Gasteiger partial charge in [-0.2, -0.15) is 4.52 Å². The number of fused-ring (bicyclic) bond motifs is 1. The normalized spacial score (nSPS) is 15.0. The van der Waals surface area contributed by atoms with Crippen LogP contribution in [0.3, 0.4) is 0 Å². The summed E-state index contributed by atoms with van der Waals surface area (Å²) in [4.78, 5) is 14.0. The van der Waals surface area contributed by atoms with Crippen LogP contribution in [0.2, 0.25) is 0 Å². The van der Waals surface area contributed by atoms with E-state index in [1.54, 1.807) is 35.9 Å². The molecular weight excluding hydrogens is 375 g/mol. The zero-order valence-electron chi connectivity index (χ0n) is 16.2. The van der Waals surface area contributed by atoms with E-state index in [0.29, 0.717) is 49.0 Å². The summed E-state index contributed by atoms with van der Waals surface area (Å²) in [5.74, 6) is 0.788. The lowest BCUT2D eigenvalue weighted by Gasteiger charge is -2.32. The van der Waals surface area contributed by atoms with Gasteiger partial charge < -0.3 is 15.0 Å². The average molecular weight is 398 g/mol. The van der Waals surface area contributed by atoms with Crippen molar-refractivity contribution in [2.45, 2.75) is 25.3 Å². The van der Waals surface area contributed by atoms with Crippen LogP contribution in [0.4, 0.5) is 10.2 Å². The summed E-state index contributed by atoms with van der Waals surface area (Å²) in [6, 6.07) is 10.3. The molecule has 2 aromatic heterocycles. The molecule has 0 unspecified atom stereocenters. The van der Waals surface area contributed by atoms with Gasteiger partial charge in [-0.3, -0.25) is 4.79 Å². The van der Waals surface area contributed by atoms with Crippen LogP contribution in [0.5, 0.6) is 0 Å². The van der Waals surface area contributed by atoms with Gasteiger partial charge in [-0.1, -0.05) is 12.1 Å². The van der Waals surface area contributed by atoms with E-state index in [2.05, 4.69) is 20.6 Å². The highest BCUT2D eigenvalue weighted by molar-refractivity contribution is 5.76. The van der Waals surface area contributed by atoms with Crippen molar-refractivity contribution in [2.24, 2.45) is 0 Å². The fraction of sp³-hybridized carbons (Fsp3) is 0.400. The Hall–Kier alpha value is -3.07. The third-order valence-corrected chi connectivity index (χ3v) is 5.10. The topological polar surface area (TPSA) is 84.6 Å². The summed E-state index contributed by atoms with van der Waals surface area (Å²) in [5.41, 5.74) is 0.903. The zero-order valence-corrected chi connectivity index (χ0v) is 16.2. The number of carbonyl (C=O) groups excluding carboxylic acids is 1. The van der Waals surface area contributed by atoms with E-state index in [1.807, 2.05) is 11.0 Å². The maximum Gasteiger partial charge on any atom is 0.224 e. The first-order valence-electron chi connectivity index (χ1n) is 9.66. The monoisotopic (exact) mass is 398 g/mol. The van der Waals surface area contributed by atoms with Gasteiger partial charge in [0.05, 0.1) is 18.6 Å². The molecule has 3 heterocycles. The van der Waals surface area contributed by atoms with Crippen LogP contribution in [0.15, 0.2) is 36.4 Å². The predicted octanol–water partition coefficient (Wildman–Crippen LogP) is 2.37. The third-order valence-electron chi connectivity index (χ3n) is 5.10. The number of hydrogen-bond acceptors (Lipinski definition) is 6. The highest BCUT2D eigenvalue weighted by Gasteiger charge is 2.23. The summed E-state index contributed by atoms with van der Waals surface area (Å²) in [7, 11) is 1.60. The summed E-state index contributed by atoms with van der Waals surface area (Å²) < 4.78 is 20.7. The number of anilines is 1. The lowest BCUT2D eigenvalue weighted by Crippen LogP contribution is -2.42. The Morgan fingerprint density at radius 3 is 2.76 bits per heavy atom. The third kappa shape index (κ3) is 4.19. The smallest absolute Gasteiger partial charge is 0.224 e. The van der Waals surface area contributed by atoms with E-state index < -0.39 is 0 Å². The van der Waals surface area contributed by atoms with Gasteiger partial charge >= 0.3 is 0 Å². The number of likely N-dealkylation sites (tertiary alicyclic amines) is 1. The van der Waals surface area contributed by atoms with Crippen molar-refractivity contribution >= 4 is 17.4 Å².